The van der Waals surface area contributed by atoms with Crippen molar-refractivity contribution in [2.75, 3.05) is 13.6 Å². The molecule has 0 bridgehead atoms. The Morgan fingerprint density at radius 3 is 2.76 bits per heavy atom. The van der Waals surface area contributed by atoms with Crippen molar-refractivity contribution in [3.63, 3.8) is 0 Å². The van der Waals surface area contributed by atoms with Gasteiger partial charge in [-0.1, -0.05) is 12.1 Å². The van der Waals surface area contributed by atoms with E-state index in [-0.39, 0.29) is 12.4 Å². The summed E-state index contributed by atoms with van der Waals surface area (Å²) in [6.45, 7) is -0.227. The molecule has 0 fully saturated rings. The third kappa shape index (κ3) is 4.50. The number of carboxylic acids is 1. The molecule has 0 aromatic heterocycles. The Morgan fingerprint density at radius 1 is 1.47 bits per heavy atom. The largest absolute Gasteiger partial charge is 0.480 e. The van der Waals surface area contributed by atoms with Crippen LogP contribution >= 0.6 is 0 Å². The quantitative estimate of drug-likeness (QED) is 0.826. The van der Waals surface area contributed by atoms with E-state index in [0.29, 0.717) is 5.56 Å². The number of nitrogens with zero attached hydrogens (tertiary/aromatic N) is 1. The second-order valence-electron chi connectivity index (χ2n) is 3.54. The lowest BCUT2D eigenvalue weighted by atomic mass is 10.2. The van der Waals surface area contributed by atoms with E-state index in [1.54, 1.807) is 12.1 Å². The minimum Gasteiger partial charge on any atom is -0.480 e. The Bertz CT molecular complexity index is 423. The van der Waals surface area contributed by atoms with E-state index >= 15 is 0 Å². The average molecular weight is 240 g/mol. The molecule has 1 aromatic carbocycles. The highest BCUT2D eigenvalue weighted by Crippen LogP contribution is 2.06. The summed E-state index contributed by atoms with van der Waals surface area (Å²) in [6.07, 6.45) is 0. The summed E-state index contributed by atoms with van der Waals surface area (Å²) in [5.41, 5.74) is 0.637. The summed E-state index contributed by atoms with van der Waals surface area (Å²) in [4.78, 5) is 22.9. The molecule has 5 nitrogen and oxygen atoms in total. The third-order valence-electron chi connectivity index (χ3n) is 2.05. The van der Waals surface area contributed by atoms with Crippen LogP contribution in [0.4, 0.5) is 9.18 Å². The molecule has 0 saturated heterocycles. The summed E-state index contributed by atoms with van der Waals surface area (Å²) in [5, 5.41) is 10.6. The van der Waals surface area contributed by atoms with Crippen molar-refractivity contribution in [2.45, 2.75) is 6.54 Å². The number of hydrogen-bond acceptors (Lipinski definition) is 2. The van der Waals surface area contributed by atoms with E-state index in [0.717, 1.165) is 0 Å². The van der Waals surface area contributed by atoms with Gasteiger partial charge in [-0.3, -0.25) is 4.79 Å². The van der Waals surface area contributed by atoms with Gasteiger partial charge in [-0.15, -0.1) is 0 Å². The first-order valence-corrected chi connectivity index (χ1v) is 4.94. The number of urea groups is 1. The molecule has 2 amide bonds. The number of benzene rings is 1. The van der Waals surface area contributed by atoms with Crippen molar-refractivity contribution in [3.8, 4) is 0 Å². The van der Waals surface area contributed by atoms with Crippen LogP contribution in [0.15, 0.2) is 24.3 Å². The minimum absolute atomic E-state index is 0.212. The molecule has 6 heteroatoms. The van der Waals surface area contributed by atoms with Gasteiger partial charge in [0.1, 0.15) is 12.4 Å². The van der Waals surface area contributed by atoms with E-state index in [2.05, 4.69) is 5.32 Å². The number of rotatable bonds is 4. The standard InChI is InChI=1S/C11H13FN2O3/c1-14(11(17)13-6-10(15)16)7-8-3-2-4-9(12)5-8/h2-5H,6-7H2,1H3,(H,13,17)(H,15,16). The smallest absolute Gasteiger partial charge is 0.323 e. The van der Waals surface area contributed by atoms with Crippen LogP contribution in [0.2, 0.25) is 0 Å². The Balaban J connectivity index is 2.51. The van der Waals surface area contributed by atoms with Gasteiger partial charge in [-0.05, 0) is 17.7 Å². The van der Waals surface area contributed by atoms with Gasteiger partial charge in [-0.2, -0.15) is 0 Å². The molecule has 1 rings (SSSR count). The van der Waals surface area contributed by atoms with Gasteiger partial charge < -0.3 is 15.3 Å². The van der Waals surface area contributed by atoms with Crippen LogP contribution in [0.5, 0.6) is 0 Å². The van der Waals surface area contributed by atoms with Gasteiger partial charge in [0.05, 0.1) is 0 Å². The molecule has 0 radical (unpaired) electrons. The second kappa shape index (κ2) is 5.83. The molecule has 0 spiro atoms. The van der Waals surface area contributed by atoms with Crippen LogP contribution in [-0.2, 0) is 11.3 Å². The zero-order valence-corrected chi connectivity index (χ0v) is 9.31. The lowest BCUT2D eigenvalue weighted by molar-refractivity contribution is -0.135. The molecule has 0 aliphatic rings. The van der Waals surface area contributed by atoms with Crippen LogP contribution in [0.25, 0.3) is 0 Å². The Hall–Kier alpha value is -2.11. The van der Waals surface area contributed by atoms with Crippen molar-refractivity contribution in [3.05, 3.63) is 35.6 Å². The normalized spacial score (nSPS) is 9.76. The fourth-order valence-electron chi connectivity index (χ4n) is 1.27. The summed E-state index contributed by atoms with van der Waals surface area (Å²) in [6, 6.07) is 5.35. The van der Waals surface area contributed by atoms with Crippen LogP contribution in [0, 0.1) is 5.82 Å². The summed E-state index contributed by atoms with van der Waals surface area (Å²) >= 11 is 0. The summed E-state index contributed by atoms with van der Waals surface area (Å²) < 4.78 is 12.9. The molecule has 0 heterocycles. The topological polar surface area (TPSA) is 69.6 Å². The lowest BCUT2D eigenvalue weighted by Crippen LogP contribution is -2.39. The molecule has 1 aromatic rings. The van der Waals surface area contributed by atoms with Crippen molar-refractivity contribution in [2.24, 2.45) is 0 Å². The second-order valence-corrected chi connectivity index (χ2v) is 3.54. The van der Waals surface area contributed by atoms with Gasteiger partial charge in [-0.25, -0.2) is 9.18 Å². The number of carbonyl (C=O) groups is 2. The minimum atomic E-state index is -1.11. The van der Waals surface area contributed by atoms with Gasteiger partial charge in [0.2, 0.25) is 0 Å². The Kier molecular flexibility index (Phi) is 4.45. The highest BCUT2D eigenvalue weighted by molar-refractivity contribution is 5.79. The zero-order chi connectivity index (χ0) is 12.8. The highest BCUT2D eigenvalue weighted by Gasteiger charge is 2.10. The maximum Gasteiger partial charge on any atom is 0.323 e. The van der Waals surface area contributed by atoms with Gasteiger partial charge >= 0.3 is 12.0 Å². The van der Waals surface area contributed by atoms with Crippen molar-refractivity contribution in [1.82, 2.24) is 10.2 Å². The molecule has 0 atom stereocenters. The monoisotopic (exact) mass is 240 g/mol. The summed E-state index contributed by atoms with van der Waals surface area (Å²) in [5.74, 6) is -1.49. The molecular formula is C11H13FN2O3. The van der Waals surface area contributed by atoms with Crippen molar-refractivity contribution < 1.29 is 19.1 Å². The van der Waals surface area contributed by atoms with Crippen LogP contribution < -0.4 is 5.32 Å². The Morgan fingerprint density at radius 2 is 2.18 bits per heavy atom. The molecule has 0 saturated carbocycles. The number of hydrogen-bond donors (Lipinski definition) is 2. The van der Waals surface area contributed by atoms with Gasteiger partial charge in [0.25, 0.3) is 0 Å². The maximum atomic E-state index is 12.9. The van der Waals surface area contributed by atoms with Crippen molar-refractivity contribution >= 4 is 12.0 Å². The fourth-order valence-corrected chi connectivity index (χ4v) is 1.27. The first-order chi connectivity index (χ1) is 7.99. The van der Waals surface area contributed by atoms with E-state index in [4.69, 9.17) is 5.11 Å². The number of amides is 2. The van der Waals surface area contributed by atoms with Crippen LogP contribution in [0.1, 0.15) is 5.56 Å². The van der Waals surface area contributed by atoms with Gasteiger partial charge in [0.15, 0.2) is 0 Å². The molecular weight excluding hydrogens is 227 g/mol. The van der Waals surface area contributed by atoms with Gasteiger partial charge in [0, 0.05) is 13.6 Å². The molecule has 17 heavy (non-hydrogen) atoms. The molecule has 0 aliphatic heterocycles. The summed E-state index contributed by atoms with van der Waals surface area (Å²) in [7, 11) is 1.50. The number of nitrogens with one attached hydrogen (secondary N) is 1. The molecule has 0 aliphatic carbocycles. The first kappa shape index (κ1) is 13.0. The molecule has 2 N–H and O–H groups in total. The number of carboxylic acid groups (broad SMARTS) is 1. The SMILES string of the molecule is CN(Cc1cccc(F)c1)C(=O)NCC(=O)O. The predicted octanol–water partition coefficient (Wildman–Crippen LogP) is 1.05. The van der Waals surface area contributed by atoms with E-state index in [9.17, 15) is 14.0 Å². The zero-order valence-electron chi connectivity index (χ0n) is 9.31. The van der Waals surface area contributed by atoms with Crippen molar-refractivity contribution in [1.29, 1.82) is 0 Å². The molecule has 0 unspecified atom stereocenters. The van der Waals surface area contributed by atoms with Crippen LogP contribution in [-0.4, -0.2) is 35.6 Å². The number of aliphatic carboxylic acids is 1. The molecule has 92 valence electrons. The highest BCUT2D eigenvalue weighted by atomic mass is 19.1. The lowest BCUT2D eigenvalue weighted by Gasteiger charge is -2.17. The average Bonchev–Trinajstić information content (AvgIpc) is 2.25. The Labute approximate surface area is 97.8 Å². The maximum absolute atomic E-state index is 12.9. The predicted molar refractivity (Wildman–Crippen MR) is 58.9 cm³/mol. The van der Waals surface area contributed by atoms with E-state index in [1.165, 1.54) is 24.1 Å². The van der Waals surface area contributed by atoms with E-state index < -0.39 is 18.5 Å². The van der Waals surface area contributed by atoms with Crippen LogP contribution in [0.3, 0.4) is 0 Å². The first-order valence-electron chi connectivity index (χ1n) is 4.94. The number of halogens is 1. The third-order valence-corrected chi connectivity index (χ3v) is 2.05. The van der Waals surface area contributed by atoms with E-state index in [1.807, 2.05) is 0 Å². The number of carbonyl (C=O) groups excluding carboxylic acids is 1. The fraction of sp³-hybridized carbons (Fsp3) is 0.273.